The standard InChI is InChI=1S/C12H10N4O4/c1-15-7-10(13-8-15)12(17)20-14-6-9-4-2-3-5-11(9)16(18)19/h2-8H,1H3. The molecular formula is C12H10N4O4. The molecule has 8 heteroatoms. The summed E-state index contributed by atoms with van der Waals surface area (Å²) in [6, 6.07) is 5.99. The van der Waals surface area contributed by atoms with Crippen LogP contribution in [0, 0.1) is 10.1 Å². The molecule has 0 aliphatic heterocycles. The maximum Gasteiger partial charge on any atom is 0.385 e. The van der Waals surface area contributed by atoms with Gasteiger partial charge in [0.1, 0.15) is 0 Å². The van der Waals surface area contributed by atoms with Crippen LogP contribution in [0.5, 0.6) is 0 Å². The van der Waals surface area contributed by atoms with Crippen molar-refractivity contribution in [3.05, 3.63) is 58.2 Å². The topological polar surface area (TPSA) is 99.6 Å². The average molecular weight is 274 g/mol. The van der Waals surface area contributed by atoms with Crippen molar-refractivity contribution in [1.29, 1.82) is 0 Å². The monoisotopic (exact) mass is 274 g/mol. The second kappa shape index (κ2) is 5.74. The number of rotatable bonds is 4. The predicted molar refractivity (Wildman–Crippen MR) is 69.3 cm³/mol. The van der Waals surface area contributed by atoms with Gasteiger partial charge in [-0.15, -0.1) is 0 Å². The highest BCUT2D eigenvalue weighted by atomic mass is 16.7. The Morgan fingerprint density at radius 1 is 1.50 bits per heavy atom. The Labute approximate surface area is 113 Å². The molecule has 0 saturated heterocycles. The number of aryl methyl sites for hydroxylation is 1. The van der Waals surface area contributed by atoms with Gasteiger partial charge in [-0.25, -0.2) is 9.78 Å². The highest BCUT2D eigenvalue weighted by molar-refractivity contribution is 5.89. The van der Waals surface area contributed by atoms with Crippen molar-refractivity contribution in [2.24, 2.45) is 12.2 Å². The lowest BCUT2D eigenvalue weighted by atomic mass is 10.2. The first-order valence-corrected chi connectivity index (χ1v) is 5.54. The van der Waals surface area contributed by atoms with Gasteiger partial charge < -0.3 is 9.40 Å². The summed E-state index contributed by atoms with van der Waals surface area (Å²) in [5, 5.41) is 14.2. The molecule has 102 valence electrons. The highest BCUT2D eigenvalue weighted by Gasteiger charge is 2.12. The number of nitrogens with zero attached hydrogens (tertiary/aromatic N) is 4. The van der Waals surface area contributed by atoms with Crippen LogP contribution in [0.4, 0.5) is 5.69 Å². The molecule has 0 aliphatic carbocycles. The lowest BCUT2D eigenvalue weighted by Gasteiger charge is -1.96. The van der Waals surface area contributed by atoms with Crippen LogP contribution in [-0.2, 0) is 11.9 Å². The number of imidazole rings is 1. The summed E-state index contributed by atoms with van der Waals surface area (Å²) < 4.78 is 1.59. The molecule has 0 saturated carbocycles. The molecule has 0 N–H and O–H groups in total. The molecule has 0 bridgehead atoms. The van der Waals surface area contributed by atoms with E-state index in [0.29, 0.717) is 0 Å². The fourth-order valence-electron chi connectivity index (χ4n) is 1.46. The van der Waals surface area contributed by atoms with Gasteiger partial charge >= 0.3 is 5.97 Å². The van der Waals surface area contributed by atoms with E-state index in [1.54, 1.807) is 17.7 Å². The number of aromatic nitrogens is 2. The van der Waals surface area contributed by atoms with Crippen LogP contribution >= 0.6 is 0 Å². The van der Waals surface area contributed by atoms with Crippen LogP contribution in [0.15, 0.2) is 41.9 Å². The molecule has 2 aromatic rings. The average Bonchev–Trinajstić information content (AvgIpc) is 2.86. The summed E-state index contributed by atoms with van der Waals surface area (Å²) in [5.74, 6) is -0.736. The van der Waals surface area contributed by atoms with Crippen molar-refractivity contribution in [3.63, 3.8) is 0 Å². The normalized spacial score (nSPS) is 10.7. The predicted octanol–water partition coefficient (Wildman–Crippen LogP) is 1.52. The van der Waals surface area contributed by atoms with Crippen molar-refractivity contribution in [1.82, 2.24) is 9.55 Å². The number of hydrogen-bond acceptors (Lipinski definition) is 6. The van der Waals surface area contributed by atoms with Gasteiger partial charge in [-0.3, -0.25) is 10.1 Å². The molecule has 0 atom stereocenters. The maximum absolute atomic E-state index is 11.5. The van der Waals surface area contributed by atoms with Crippen molar-refractivity contribution >= 4 is 17.9 Å². The quantitative estimate of drug-likeness (QED) is 0.364. The van der Waals surface area contributed by atoms with E-state index in [-0.39, 0.29) is 16.9 Å². The molecule has 0 radical (unpaired) electrons. The van der Waals surface area contributed by atoms with Gasteiger partial charge in [0.2, 0.25) is 0 Å². The van der Waals surface area contributed by atoms with Crippen molar-refractivity contribution in [2.75, 3.05) is 0 Å². The molecule has 0 spiro atoms. The fourth-order valence-corrected chi connectivity index (χ4v) is 1.46. The molecule has 1 aromatic carbocycles. The Kier molecular flexibility index (Phi) is 3.85. The molecule has 20 heavy (non-hydrogen) atoms. The van der Waals surface area contributed by atoms with Crippen LogP contribution in [-0.4, -0.2) is 26.7 Å². The van der Waals surface area contributed by atoms with Crippen LogP contribution in [0.1, 0.15) is 16.1 Å². The Morgan fingerprint density at radius 3 is 2.90 bits per heavy atom. The SMILES string of the molecule is Cn1cnc(C(=O)ON=Cc2ccccc2[N+](=O)[O-])c1. The van der Waals surface area contributed by atoms with E-state index in [9.17, 15) is 14.9 Å². The van der Waals surface area contributed by atoms with Crippen molar-refractivity contribution in [2.45, 2.75) is 0 Å². The van der Waals surface area contributed by atoms with Crippen LogP contribution in [0.3, 0.4) is 0 Å². The molecule has 0 fully saturated rings. The number of nitro groups is 1. The minimum absolute atomic E-state index is 0.104. The molecule has 0 aliphatic rings. The first-order valence-electron chi connectivity index (χ1n) is 5.54. The second-order valence-corrected chi connectivity index (χ2v) is 3.85. The van der Waals surface area contributed by atoms with Gasteiger partial charge in [0.05, 0.1) is 23.0 Å². The lowest BCUT2D eigenvalue weighted by molar-refractivity contribution is -0.385. The third-order valence-corrected chi connectivity index (χ3v) is 2.37. The molecule has 2 rings (SSSR count). The van der Waals surface area contributed by atoms with Gasteiger partial charge in [-0.1, -0.05) is 17.3 Å². The smallest absolute Gasteiger partial charge is 0.340 e. The number of para-hydroxylation sites is 1. The van der Waals surface area contributed by atoms with E-state index in [2.05, 4.69) is 15.0 Å². The third kappa shape index (κ3) is 3.05. The number of carbonyl (C=O) groups excluding carboxylic acids is 1. The summed E-state index contributed by atoms with van der Waals surface area (Å²) in [6.45, 7) is 0. The third-order valence-electron chi connectivity index (χ3n) is 2.37. The van der Waals surface area contributed by atoms with Crippen LogP contribution in [0.25, 0.3) is 0 Å². The first-order chi connectivity index (χ1) is 9.58. The van der Waals surface area contributed by atoms with E-state index < -0.39 is 10.9 Å². The molecule has 1 heterocycles. The summed E-state index contributed by atoms with van der Waals surface area (Å²) in [6.07, 6.45) is 4.03. The summed E-state index contributed by atoms with van der Waals surface area (Å²) >= 11 is 0. The number of carbonyl (C=O) groups is 1. The van der Waals surface area contributed by atoms with Crippen LogP contribution in [0.2, 0.25) is 0 Å². The first kappa shape index (κ1) is 13.4. The van der Waals surface area contributed by atoms with E-state index >= 15 is 0 Å². The van der Waals surface area contributed by atoms with Crippen LogP contribution < -0.4 is 0 Å². The second-order valence-electron chi connectivity index (χ2n) is 3.85. The van der Waals surface area contributed by atoms with Crippen molar-refractivity contribution in [3.8, 4) is 0 Å². The minimum Gasteiger partial charge on any atom is -0.340 e. The Balaban J connectivity index is 2.07. The van der Waals surface area contributed by atoms with E-state index in [1.165, 1.54) is 30.7 Å². The van der Waals surface area contributed by atoms with E-state index in [4.69, 9.17) is 0 Å². The zero-order valence-corrected chi connectivity index (χ0v) is 10.5. The summed E-state index contributed by atoms with van der Waals surface area (Å²) in [4.78, 5) is 30.2. The highest BCUT2D eigenvalue weighted by Crippen LogP contribution is 2.15. The zero-order valence-electron chi connectivity index (χ0n) is 10.5. The molecule has 0 amide bonds. The molecular weight excluding hydrogens is 264 g/mol. The summed E-state index contributed by atoms with van der Waals surface area (Å²) in [7, 11) is 1.71. The molecule has 0 unspecified atom stereocenters. The Bertz CT molecular complexity index is 678. The Hall–Kier alpha value is -3.03. The Morgan fingerprint density at radius 2 is 2.25 bits per heavy atom. The fraction of sp³-hybridized carbons (Fsp3) is 0.0833. The number of oxime groups is 1. The lowest BCUT2D eigenvalue weighted by Crippen LogP contribution is -2.02. The van der Waals surface area contributed by atoms with Gasteiger partial charge in [-0.2, -0.15) is 0 Å². The van der Waals surface area contributed by atoms with E-state index in [1.807, 2.05) is 0 Å². The number of nitro benzene ring substituents is 1. The maximum atomic E-state index is 11.5. The van der Waals surface area contributed by atoms with Crippen molar-refractivity contribution < 1.29 is 14.6 Å². The van der Waals surface area contributed by atoms with Gasteiger partial charge in [0, 0.05) is 19.3 Å². The minimum atomic E-state index is -0.736. The summed E-state index contributed by atoms with van der Waals surface area (Å²) in [5.41, 5.74) is 0.226. The molecule has 1 aromatic heterocycles. The number of benzene rings is 1. The van der Waals surface area contributed by atoms with Gasteiger partial charge in [-0.05, 0) is 6.07 Å². The molecule has 8 nitrogen and oxygen atoms in total. The zero-order chi connectivity index (χ0) is 14.5. The van der Waals surface area contributed by atoms with Gasteiger partial charge in [0.15, 0.2) is 5.69 Å². The van der Waals surface area contributed by atoms with E-state index in [0.717, 1.165) is 6.21 Å². The number of hydrogen-bond donors (Lipinski definition) is 0. The largest absolute Gasteiger partial charge is 0.385 e. The van der Waals surface area contributed by atoms with Gasteiger partial charge in [0.25, 0.3) is 5.69 Å².